The molecule has 2 aromatic heterocycles. The molecule has 0 atom stereocenters. The molecule has 8 heteroatoms. The summed E-state index contributed by atoms with van der Waals surface area (Å²) >= 11 is 0. The van der Waals surface area contributed by atoms with Crippen LogP contribution in [0.25, 0.3) is 99.5 Å². The fourth-order valence-electron chi connectivity index (χ4n) is 23.6. The summed E-state index contributed by atoms with van der Waals surface area (Å²) in [5.74, 6) is 0. The third-order valence-corrected chi connectivity index (χ3v) is 31.8. The first-order valence-corrected chi connectivity index (χ1v) is 51.1. The van der Waals surface area contributed by atoms with Crippen LogP contribution in [0.15, 0.2) is 388 Å². The predicted octanol–water partition coefficient (Wildman–Crippen LogP) is 32.6. The van der Waals surface area contributed by atoms with E-state index in [1.165, 1.54) is 189 Å². The molecule has 18 aromatic carbocycles. The van der Waals surface area contributed by atoms with Gasteiger partial charge in [-0.1, -0.05) is 389 Å². The van der Waals surface area contributed by atoms with E-state index in [1.807, 2.05) is 0 Å². The molecule has 0 aliphatic carbocycles. The maximum Gasteiger partial charge on any atom is 0.252 e. The van der Waals surface area contributed by atoms with E-state index in [-0.39, 0.29) is 45.9 Å². The van der Waals surface area contributed by atoms with Crippen LogP contribution in [0.5, 0.6) is 0 Å². The molecule has 0 saturated heterocycles. The lowest BCUT2D eigenvalue weighted by Gasteiger charge is -2.45. The van der Waals surface area contributed by atoms with Gasteiger partial charge in [0.2, 0.25) is 0 Å². The molecule has 0 saturated carbocycles. The van der Waals surface area contributed by atoms with E-state index < -0.39 is 0 Å². The first kappa shape index (κ1) is 89.5. The molecule has 4 aliphatic heterocycles. The summed E-state index contributed by atoms with van der Waals surface area (Å²) in [6.07, 6.45) is 1.91. The summed E-state index contributed by atoms with van der Waals surface area (Å²) in [4.78, 5) is 10.5. The molecule has 0 fully saturated rings. The minimum atomic E-state index is -0.217. The van der Waals surface area contributed by atoms with Crippen molar-refractivity contribution in [3.63, 3.8) is 0 Å². The van der Waals surface area contributed by atoms with Crippen molar-refractivity contribution in [2.75, 3.05) is 19.6 Å². The minimum Gasteiger partial charge on any atom is -0.311 e. The highest BCUT2D eigenvalue weighted by molar-refractivity contribution is 7.01. The molecule has 6 heterocycles. The second-order valence-corrected chi connectivity index (χ2v) is 46.2. The second-order valence-electron chi connectivity index (χ2n) is 46.2. The summed E-state index contributed by atoms with van der Waals surface area (Å²) in [7, 11) is 0. The smallest absolute Gasteiger partial charge is 0.252 e. The molecule has 24 rings (SSSR count). The number of rotatable bonds is 15. The first-order valence-electron chi connectivity index (χ1n) is 51.1. The second kappa shape index (κ2) is 33.3. The molecule has 4 aliphatic rings. The van der Waals surface area contributed by atoms with Gasteiger partial charge in [-0.25, -0.2) is 0 Å². The molecule has 0 spiro atoms. The van der Waals surface area contributed by atoms with Gasteiger partial charge in [-0.15, -0.1) is 0 Å². The van der Waals surface area contributed by atoms with E-state index in [1.54, 1.807) is 0 Å². The van der Waals surface area contributed by atoms with Crippen LogP contribution in [0.4, 0.5) is 68.2 Å². The van der Waals surface area contributed by atoms with Crippen LogP contribution < -0.4 is 52.4 Å². The topological polar surface area (TPSA) is 22.8 Å². The molecule has 0 bridgehead atoms. The summed E-state index contributed by atoms with van der Waals surface area (Å²) in [5.41, 5.74) is 47.7. The van der Waals surface area contributed by atoms with Crippen LogP contribution in [0.1, 0.15) is 168 Å². The van der Waals surface area contributed by atoms with Gasteiger partial charge in [0.1, 0.15) is 0 Å². The molecule has 20 aromatic rings. The van der Waals surface area contributed by atoms with E-state index in [2.05, 4.69) is 542 Å². The monoisotopic (exact) mass is 1840 g/mol. The van der Waals surface area contributed by atoms with Crippen LogP contribution in [0.3, 0.4) is 0 Å². The maximum absolute atomic E-state index is 2.64. The van der Waals surface area contributed by atoms with Crippen molar-refractivity contribution in [2.45, 2.75) is 170 Å². The van der Waals surface area contributed by atoms with E-state index in [0.29, 0.717) is 0 Å². The van der Waals surface area contributed by atoms with Crippen molar-refractivity contribution < 1.29 is 0 Å². The molecule has 694 valence electrons. The van der Waals surface area contributed by atoms with Crippen molar-refractivity contribution in [2.24, 2.45) is 0 Å². The van der Waals surface area contributed by atoms with Crippen molar-refractivity contribution in [1.29, 1.82) is 0 Å². The van der Waals surface area contributed by atoms with Gasteiger partial charge < -0.3 is 28.7 Å². The number of benzene rings is 18. The average Bonchev–Trinajstić information content (AvgIpc) is 0.898. The van der Waals surface area contributed by atoms with E-state index in [0.717, 1.165) is 69.0 Å². The summed E-state index contributed by atoms with van der Waals surface area (Å²) in [6, 6.07) is 150. The summed E-state index contributed by atoms with van der Waals surface area (Å²) in [5, 5.41) is 4.85. The standard InChI is InChI=1S/C134H122B2N6/c1-85-39-67-115-111(73-85)135-112-74-86(2)40-68-116(112)138(124-82-105(81-123(127(124)135)137(115)101-55-45-95(46-56-101)129(3,4)5)141-119-75-91(87-31-23-19-24-32-87)41-63-107(119)108-64-42-92(76-120(108)141)88-33-25-20-26-34-88)103-59-49-97(50-60-103)133(15,16)71-72-134(17,18)98-51-61-104(62-52-98)140-118-70-54-100(132(12,13)14)80-114(118)136-113-79-99(131(9,10)11)53-69-117(113)139(102-57-47-96(48-58-102)130(6,7)8)125-83-106(84-126(140)128(125)136)142-121-77-93(89-35-27-21-28-36-89)43-65-109(121)110-66-44-94(78-122(110)142)90-37-29-22-30-38-90/h19-70,73-84H,71-72H2,1-18H3. The third kappa shape index (κ3) is 15.1. The first-order chi connectivity index (χ1) is 68.2. The average molecular weight is 1840 g/mol. The van der Waals surface area contributed by atoms with Gasteiger partial charge in [-0.3, -0.25) is 0 Å². The van der Waals surface area contributed by atoms with Crippen molar-refractivity contribution in [3.8, 4) is 55.9 Å². The normalized spacial score (nSPS) is 13.5. The zero-order valence-corrected chi connectivity index (χ0v) is 85.2. The Morgan fingerprint density at radius 1 is 0.190 bits per heavy atom. The van der Waals surface area contributed by atoms with Crippen LogP contribution in [0, 0.1) is 13.8 Å². The molecular weight excluding hydrogens is 1720 g/mol. The number of hydrogen-bond acceptors (Lipinski definition) is 4. The van der Waals surface area contributed by atoms with Crippen LogP contribution in [0.2, 0.25) is 0 Å². The summed E-state index contributed by atoms with van der Waals surface area (Å²) in [6.45, 7) is 42.4. The lowest BCUT2D eigenvalue weighted by molar-refractivity contribution is 0.375. The Kier molecular flexibility index (Phi) is 21.0. The molecular formula is C134H122B2N6. The Morgan fingerprint density at radius 3 is 0.676 bits per heavy atom. The number of fused-ring (bicyclic) bond motifs is 14. The molecule has 0 unspecified atom stereocenters. The SMILES string of the molecule is Cc1ccc2c(c1)B1c3cc(C)ccc3N(c3ccc(C(C)(C)CCC(C)(C)c4ccc(N5c6ccc(C(C)(C)C)cc6B6c7cc(C(C)(C)C)ccc7N(c7ccc(C(C)(C)C)cc7)c7cc(-n8c9cc(-c%10ccccc%10)ccc9c9ccc(-c%10ccccc%10)cc98)cc5c76)cc4)cc3)c3cc(-n4c5cc(-c6ccccc6)ccc5c5ccc(-c6ccccc6)cc54)cc(c31)N2c1ccc(C(C)(C)C)cc1. The number of hydrogen-bond donors (Lipinski definition) is 0. The zero-order valence-electron chi connectivity index (χ0n) is 85.2. The van der Waals surface area contributed by atoms with Crippen molar-refractivity contribution >= 4 is 158 Å². The lowest BCUT2D eigenvalue weighted by atomic mass is 9.33. The van der Waals surface area contributed by atoms with E-state index in [9.17, 15) is 0 Å². The molecule has 0 radical (unpaired) electrons. The molecule has 142 heavy (non-hydrogen) atoms. The Labute approximate surface area is 839 Å². The Morgan fingerprint density at radius 2 is 0.423 bits per heavy atom. The number of aryl methyl sites for hydroxylation is 2. The van der Waals surface area contributed by atoms with Gasteiger partial charge in [0.05, 0.1) is 33.4 Å². The highest BCUT2D eigenvalue weighted by Crippen LogP contribution is 2.53. The maximum atomic E-state index is 2.64. The highest BCUT2D eigenvalue weighted by Gasteiger charge is 2.48. The van der Waals surface area contributed by atoms with E-state index in [4.69, 9.17) is 0 Å². The lowest BCUT2D eigenvalue weighted by Crippen LogP contribution is -2.61. The number of aromatic nitrogens is 2. The van der Waals surface area contributed by atoms with Crippen molar-refractivity contribution in [3.05, 3.63) is 433 Å². The van der Waals surface area contributed by atoms with Gasteiger partial charge >= 0.3 is 0 Å². The molecule has 6 nitrogen and oxygen atoms in total. The highest BCUT2D eigenvalue weighted by atomic mass is 15.2. The van der Waals surface area contributed by atoms with Gasteiger partial charge in [0.25, 0.3) is 13.4 Å². The van der Waals surface area contributed by atoms with E-state index >= 15 is 0 Å². The summed E-state index contributed by atoms with van der Waals surface area (Å²) < 4.78 is 5.17. The molecule has 0 N–H and O–H groups in total. The Balaban J connectivity index is 0.635. The van der Waals surface area contributed by atoms with Crippen molar-refractivity contribution in [1.82, 2.24) is 9.13 Å². The quantitative estimate of drug-likeness (QED) is 0.0954. The largest absolute Gasteiger partial charge is 0.311 e. The van der Waals surface area contributed by atoms with Crippen LogP contribution in [-0.2, 0) is 32.5 Å². The zero-order chi connectivity index (χ0) is 97.7. The van der Waals surface area contributed by atoms with Gasteiger partial charge in [0, 0.05) is 89.8 Å². The van der Waals surface area contributed by atoms with Gasteiger partial charge in [-0.2, -0.15) is 0 Å². The Bertz CT molecular complexity index is 8240. The number of nitrogens with zero attached hydrogens (tertiary/aromatic N) is 6. The van der Waals surface area contributed by atoms with Gasteiger partial charge in [0.15, 0.2) is 0 Å². The molecule has 0 amide bonds. The third-order valence-electron chi connectivity index (χ3n) is 31.8. The number of anilines is 12. The predicted molar refractivity (Wildman–Crippen MR) is 611 cm³/mol. The minimum absolute atomic E-state index is 0.0319. The van der Waals surface area contributed by atoms with Crippen LogP contribution in [-0.4, -0.2) is 22.6 Å². The fourth-order valence-corrected chi connectivity index (χ4v) is 23.6. The fraction of sp³-hybridized carbons (Fsp3) is 0.194. The van der Waals surface area contributed by atoms with Gasteiger partial charge in [-0.05, 0) is 291 Å². The van der Waals surface area contributed by atoms with Crippen LogP contribution >= 0.6 is 0 Å². The Hall–Kier alpha value is -15.1.